The summed E-state index contributed by atoms with van der Waals surface area (Å²) in [6.07, 6.45) is 2.69. The van der Waals surface area contributed by atoms with Gasteiger partial charge in [0, 0.05) is 51.4 Å². The zero-order valence-corrected chi connectivity index (χ0v) is 13.9. The van der Waals surface area contributed by atoms with E-state index in [1.807, 2.05) is 0 Å². The first-order valence-electron chi connectivity index (χ1n) is 8.40. The van der Waals surface area contributed by atoms with E-state index < -0.39 is 0 Å². The molecule has 2 atom stereocenters. The molecule has 2 aliphatic rings. The summed E-state index contributed by atoms with van der Waals surface area (Å²) in [7, 11) is 4.48. The predicted molar refractivity (Wildman–Crippen MR) is 86.2 cm³/mol. The smallest absolute Gasteiger partial charge is 0.0244 e. The maximum Gasteiger partial charge on any atom is 0.0244 e. The van der Waals surface area contributed by atoms with Crippen molar-refractivity contribution in [1.29, 1.82) is 0 Å². The van der Waals surface area contributed by atoms with Gasteiger partial charge in [-0.2, -0.15) is 0 Å². The number of piperidine rings is 1. The van der Waals surface area contributed by atoms with E-state index in [1.54, 1.807) is 0 Å². The first-order valence-corrected chi connectivity index (χ1v) is 8.40. The minimum atomic E-state index is 0.691. The van der Waals surface area contributed by atoms with Crippen LogP contribution in [0.25, 0.3) is 0 Å². The molecule has 0 aliphatic carbocycles. The van der Waals surface area contributed by atoms with Crippen LogP contribution >= 0.6 is 0 Å². The molecule has 4 nitrogen and oxygen atoms in total. The van der Waals surface area contributed by atoms with Crippen LogP contribution in [-0.2, 0) is 0 Å². The molecule has 0 saturated carbocycles. The fraction of sp³-hybridized carbons (Fsp3) is 1.00. The fourth-order valence-electron chi connectivity index (χ4n) is 3.56. The largest absolute Gasteiger partial charge is 0.311 e. The van der Waals surface area contributed by atoms with E-state index >= 15 is 0 Å². The van der Waals surface area contributed by atoms with Gasteiger partial charge in [0.15, 0.2) is 0 Å². The molecule has 4 heteroatoms. The van der Waals surface area contributed by atoms with Crippen molar-refractivity contribution >= 4 is 0 Å². The third-order valence-electron chi connectivity index (χ3n) is 5.02. The molecule has 0 radical (unpaired) electrons. The Bertz CT molecular complexity index is 274. The van der Waals surface area contributed by atoms with Crippen molar-refractivity contribution in [3.63, 3.8) is 0 Å². The van der Waals surface area contributed by atoms with Gasteiger partial charge >= 0.3 is 0 Å². The zero-order valence-electron chi connectivity index (χ0n) is 13.9. The van der Waals surface area contributed by atoms with Crippen LogP contribution in [0.4, 0.5) is 0 Å². The molecule has 2 fully saturated rings. The normalized spacial score (nSPS) is 28.9. The SMILES string of the molecule is CC(C)C(CNC1CCCN(C)C1)N1CCN(C)CC1. The van der Waals surface area contributed by atoms with Gasteiger partial charge in [0.1, 0.15) is 0 Å². The number of piperazine rings is 1. The van der Waals surface area contributed by atoms with E-state index in [9.17, 15) is 0 Å². The summed E-state index contributed by atoms with van der Waals surface area (Å²) in [5, 5.41) is 3.85. The van der Waals surface area contributed by atoms with Crippen LogP contribution in [0.15, 0.2) is 0 Å². The van der Waals surface area contributed by atoms with Gasteiger partial charge in [-0.25, -0.2) is 0 Å². The minimum absolute atomic E-state index is 0.691. The van der Waals surface area contributed by atoms with Crippen LogP contribution in [0.1, 0.15) is 26.7 Å². The van der Waals surface area contributed by atoms with Crippen molar-refractivity contribution in [3.8, 4) is 0 Å². The van der Waals surface area contributed by atoms with Crippen molar-refractivity contribution in [3.05, 3.63) is 0 Å². The molecule has 0 spiro atoms. The maximum absolute atomic E-state index is 3.85. The topological polar surface area (TPSA) is 21.8 Å². The number of nitrogens with zero attached hydrogens (tertiary/aromatic N) is 3. The van der Waals surface area contributed by atoms with Crippen LogP contribution < -0.4 is 5.32 Å². The molecule has 20 heavy (non-hydrogen) atoms. The Morgan fingerprint density at radius 1 is 1.00 bits per heavy atom. The first-order chi connectivity index (χ1) is 9.56. The van der Waals surface area contributed by atoms with Gasteiger partial charge < -0.3 is 15.1 Å². The van der Waals surface area contributed by atoms with Gasteiger partial charge in [0.05, 0.1) is 0 Å². The molecule has 0 bridgehead atoms. The summed E-state index contributed by atoms with van der Waals surface area (Å²) in [5.41, 5.74) is 0. The van der Waals surface area contributed by atoms with Gasteiger partial charge in [-0.1, -0.05) is 13.8 Å². The van der Waals surface area contributed by atoms with Gasteiger partial charge in [0.2, 0.25) is 0 Å². The highest BCUT2D eigenvalue weighted by Gasteiger charge is 2.26. The minimum Gasteiger partial charge on any atom is -0.311 e. The van der Waals surface area contributed by atoms with E-state index in [4.69, 9.17) is 0 Å². The second kappa shape index (κ2) is 7.74. The molecule has 0 aromatic carbocycles. The molecule has 0 aromatic rings. The highest BCUT2D eigenvalue weighted by atomic mass is 15.3. The lowest BCUT2D eigenvalue weighted by atomic mass is 10.00. The number of likely N-dealkylation sites (N-methyl/N-ethyl adjacent to an activating group) is 2. The van der Waals surface area contributed by atoms with E-state index in [1.165, 1.54) is 52.1 Å². The Labute approximate surface area is 125 Å². The van der Waals surface area contributed by atoms with E-state index in [0.29, 0.717) is 12.1 Å². The number of rotatable bonds is 5. The monoisotopic (exact) mass is 282 g/mol. The van der Waals surface area contributed by atoms with Crippen molar-refractivity contribution in [1.82, 2.24) is 20.0 Å². The van der Waals surface area contributed by atoms with Crippen molar-refractivity contribution in [2.45, 2.75) is 38.8 Å². The lowest BCUT2D eigenvalue weighted by Crippen LogP contribution is -2.55. The zero-order chi connectivity index (χ0) is 14.5. The number of hydrogen-bond donors (Lipinski definition) is 1. The van der Waals surface area contributed by atoms with Gasteiger partial charge in [-0.3, -0.25) is 4.90 Å². The maximum atomic E-state index is 3.85. The van der Waals surface area contributed by atoms with E-state index in [0.717, 1.165) is 12.5 Å². The summed E-state index contributed by atoms with van der Waals surface area (Å²) >= 11 is 0. The highest BCUT2D eigenvalue weighted by molar-refractivity contribution is 4.84. The second-order valence-corrected chi connectivity index (χ2v) is 7.16. The summed E-state index contributed by atoms with van der Waals surface area (Å²) in [5.74, 6) is 0.729. The Morgan fingerprint density at radius 3 is 2.30 bits per heavy atom. The molecule has 2 heterocycles. The van der Waals surface area contributed by atoms with Gasteiger partial charge in [0.25, 0.3) is 0 Å². The lowest BCUT2D eigenvalue weighted by molar-refractivity contribution is 0.0835. The molecular weight excluding hydrogens is 248 g/mol. The average molecular weight is 282 g/mol. The molecule has 2 saturated heterocycles. The van der Waals surface area contributed by atoms with Crippen LogP contribution in [-0.4, -0.2) is 86.7 Å². The third-order valence-corrected chi connectivity index (χ3v) is 5.02. The van der Waals surface area contributed by atoms with Crippen molar-refractivity contribution in [2.75, 3.05) is 59.9 Å². The number of nitrogens with one attached hydrogen (secondary N) is 1. The Hall–Kier alpha value is -0.160. The fourth-order valence-corrected chi connectivity index (χ4v) is 3.56. The van der Waals surface area contributed by atoms with Gasteiger partial charge in [-0.15, -0.1) is 0 Å². The van der Waals surface area contributed by atoms with Crippen LogP contribution in [0.3, 0.4) is 0 Å². The average Bonchev–Trinajstić information content (AvgIpc) is 2.41. The molecule has 2 rings (SSSR count). The van der Waals surface area contributed by atoms with E-state index in [-0.39, 0.29) is 0 Å². The van der Waals surface area contributed by atoms with Crippen LogP contribution in [0.2, 0.25) is 0 Å². The Kier molecular flexibility index (Phi) is 6.27. The molecule has 2 aliphatic heterocycles. The summed E-state index contributed by atoms with van der Waals surface area (Å²) in [4.78, 5) is 7.60. The lowest BCUT2D eigenvalue weighted by Gasteiger charge is -2.41. The quantitative estimate of drug-likeness (QED) is 0.810. The Balaban J connectivity index is 1.80. The molecule has 118 valence electrons. The van der Waals surface area contributed by atoms with Crippen LogP contribution in [0, 0.1) is 5.92 Å². The van der Waals surface area contributed by atoms with Crippen molar-refractivity contribution < 1.29 is 0 Å². The molecule has 2 unspecified atom stereocenters. The third kappa shape index (κ3) is 4.69. The predicted octanol–water partition coefficient (Wildman–Crippen LogP) is 0.942. The van der Waals surface area contributed by atoms with Crippen LogP contribution in [0.5, 0.6) is 0 Å². The number of likely N-dealkylation sites (tertiary alicyclic amines) is 1. The molecule has 1 N–H and O–H groups in total. The second-order valence-electron chi connectivity index (χ2n) is 7.16. The molecular formula is C16H34N4. The summed E-state index contributed by atoms with van der Waals surface area (Å²) in [6.45, 7) is 13.3. The Morgan fingerprint density at radius 2 is 1.70 bits per heavy atom. The first kappa shape index (κ1) is 16.2. The highest BCUT2D eigenvalue weighted by Crippen LogP contribution is 2.14. The van der Waals surface area contributed by atoms with Gasteiger partial charge in [-0.05, 0) is 39.4 Å². The molecule has 0 amide bonds. The molecule has 0 aromatic heterocycles. The van der Waals surface area contributed by atoms with E-state index in [2.05, 4.69) is 48.0 Å². The summed E-state index contributed by atoms with van der Waals surface area (Å²) in [6, 6.07) is 1.39. The summed E-state index contributed by atoms with van der Waals surface area (Å²) < 4.78 is 0. The van der Waals surface area contributed by atoms with Crippen molar-refractivity contribution in [2.24, 2.45) is 5.92 Å². The standard InChI is InChI=1S/C16H34N4/c1-14(2)16(20-10-8-18(3)9-11-20)12-17-15-6-5-7-19(4)13-15/h14-17H,5-13H2,1-4H3. The number of hydrogen-bond acceptors (Lipinski definition) is 4.